The molecule has 1 aliphatic rings. The number of thiocarbonyl (C=S) groups is 1. The molecular weight excluding hydrogens is 222 g/mol. The molecule has 4 nitrogen and oxygen atoms in total. The van der Waals surface area contributed by atoms with Crippen LogP contribution in [0.15, 0.2) is 0 Å². The van der Waals surface area contributed by atoms with E-state index in [0.717, 1.165) is 19.6 Å². The number of hydrogen-bond donors (Lipinski definition) is 1. The Bertz CT molecular complexity index is 252. The quantitative estimate of drug-likeness (QED) is 0.694. The first-order valence-electron chi connectivity index (χ1n) is 5.84. The lowest BCUT2D eigenvalue weighted by atomic mass is 10.3. The van der Waals surface area contributed by atoms with Crippen LogP contribution >= 0.6 is 12.2 Å². The fourth-order valence-corrected chi connectivity index (χ4v) is 1.94. The average Bonchev–Trinajstić information content (AvgIpc) is 2.75. The predicted octanol–water partition coefficient (Wildman–Crippen LogP) is 0.607. The minimum Gasteiger partial charge on any atom is -0.393 e. The van der Waals surface area contributed by atoms with E-state index in [1.165, 1.54) is 12.8 Å². The highest BCUT2D eigenvalue weighted by Gasteiger charge is 2.14. The van der Waals surface area contributed by atoms with E-state index < -0.39 is 0 Å². The van der Waals surface area contributed by atoms with Gasteiger partial charge in [0.2, 0.25) is 5.91 Å². The molecule has 1 amide bonds. The molecule has 0 bridgehead atoms. The summed E-state index contributed by atoms with van der Waals surface area (Å²) in [7, 11) is 1.81. The van der Waals surface area contributed by atoms with Crippen LogP contribution < -0.4 is 5.73 Å². The van der Waals surface area contributed by atoms with E-state index in [4.69, 9.17) is 18.0 Å². The van der Waals surface area contributed by atoms with Crippen LogP contribution in [0.4, 0.5) is 0 Å². The zero-order valence-corrected chi connectivity index (χ0v) is 10.8. The molecule has 0 saturated carbocycles. The second-order valence-electron chi connectivity index (χ2n) is 4.33. The van der Waals surface area contributed by atoms with E-state index in [9.17, 15) is 4.79 Å². The molecule has 1 aliphatic heterocycles. The van der Waals surface area contributed by atoms with Gasteiger partial charge in [-0.25, -0.2) is 0 Å². The number of hydrogen-bond acceptors (Lipinski definition) is 3. The summed E-state index contributed by atoms with van der Waals surface area (Å²) in [6, 6.07) is 0. The summed E-state index contributed by atoms with van der Waals surface area (Å²) in [6.45, 7) is 3.80. The summed E-state index contributed by atoms with van der Waals surface area (Å²) >= 11 is 4.78. The molecule has 0 aromatic heterocycles. The first-order valence-corrected chi connectivity index (χ1v) is 6.25. The maximum atomic E-state index is 11.7. The van der Waals surface area contributed by atoms with Crippen LogP contribution in [0.25, 0.3) is 0 Å². The molecule has 1 fully saturated rings. The summed E-state index contributed by atoms with van der Waals surface area (Å²) in [5.74, 6) is 0.183. The molecule has 1 rings (SSSR count). The molecule has 0 unspecified atom stereocenters. The van der Waals surface area contributed by atoms with Crippen LogP contribution in [0.1, 0.15) is 25.7 Å². The molecule has 0 aromatic carbocycles. The molecule has 1 heterocycles. The number of amides is 1. The number of rotatable bonds is 6. The lowest BCUT2D eigenvalue weighted by Gasteiger charge is -2.19. The van der Waals surface area contributed by atoms with Crippen molar-refractivity contribution in [2.45, 2.75) is 25.7 Å². The molecular formula is C11H21N3OS. The van der Waals surface area contributed by atoms with E-state index >= 15 is 0 Å². The van der Waals surface area contributed by atoms with Crippen molar-refractivity contribution < 1.29 is 4.79 Å². The first kappa shape index (κ1) is 13.4. The number of nitrogens with zero attached hydrogens (tertiary/aromatic N) is 2. The first-order chi connectivity index (χ1) is 7.59. The van der Waals surface area contributed by atoms with Gasteiger partial charge in [0.15, 0.2) is 0 Å². The van der Waals surface area contributed by atoms with Crippen molar-refractivity contribution in [3.8, 4) is 0 Å². The van der Waals surface area contributed by atoms with E-state index in [2.05, 4.69) is 4.90 Å². The van der Waals surface area contributed by atoms with Gasteiger partial charge in [0, 0.05) is 33.0 Å². The minimum atomic E-state index is 0.183. The van der Waals surface area contributed by atoms with E-state index in [1.54, 1.807) is 4.90 Å². The zero-order chi connectivity index (χ0) is 12.0. The van der Waals surface area contributed by atoms with Crippen molar-refractivity contribution in [3.63, 3.8) is 0 Å². The molecule has 5 heteroatoms. The second kappa shape index (κ2) is 6.81. The fourth-order valence-electron chi connectivity index (χ4n) is 1.85. The monoisotopic (exact) mass is 243 g/mol. The number of carbonyl (C=O) groups is 1. The Morgan fingerprint density at radius 2 is 2.00 bits per heavy atom. The van der Waals surface area contributed by atoms with Gasteiger partial charge in [-0.3, -0.25) is 4.79 Å². The van der Waals surface area contributed by atoms with Crippen LogP contribution in [0, 0.1) is 0 Å². The topological polar surface area (TPSA) is 49.6 Å². The van der Waals surface area contributed by atoms with Crippen molar-refractivity contribution in [2.75, 3.05) is 33.2 Å². The Labute approximate surface area is 103 Å². The van der Waals surface area contributed by atoms with E-state index in [-0.39, 0.29) is 5.91 Å². The van der Waals surface area contributed by atoms with Gasteiger partial charge >= 0.3 is 0 Å². The van der Waals surface area contributed by atoms with Crippen LogP contribution in [0.5, 0.6) is 0 Å². The van der Waals surface area contributed by atoms with Gasteiger partial charge in [-0.05, 0) is 25.9 Å². The third kappa shape index (κ3) is 4.90. The van der Waals surface area contributed by atoms with Gasteiger partial charge in [0.1, 0.15) is 0 Å². The number of nitrogens with two attached hydrogens (primary N) is 1. The van der Waals surface area contributed by atoms with Gasteiger partial charge in [0.25, 0.3) is 0 Å². The highest BCUT2D eigenvalue weighted by Crippen LogP contribution is 2.07. The highest BCUT2D eigenvalue weighted by molar-refractivity contribution is 7.80. The SMILES string of the molecule is CN(CCC(N)=S)C(=O)CCN1CCCC1. The maximum absolute atomic E-state index is 11.7. The molecule has 0 aromatic rings. The van der Waals surface area contributed by atoms with Gasteiger partial charge in [-0.1, -0.05) is 12.2 Å². The fraction of sp³-hybridized carbons (Fsp3) is 0.818. The summed E-state index contributed by atoms with van der Waals surface area (Å²) in [4.78, 5) is 16.3. The molecule has 0 spiro atoms. The smallest absolute Gasteiger partial charge is 0.223 e. The maximum Gasteiger partial charge on any atom is 0.223 e. The highest BCUT2D eigenvalue weighted by atomic mass is 32.1. The molecule has 0 atom stereocenters. The van der Waals surface area contributed by atoms with Crippen molar-refractivity contribution >= 4 is 23.1 Å². The predicted molar refractivity (Wildman–Crippen MR) is 69.3 cm³/mol. The molecule has 2 N–H and O–H groups in total. The number of carbonyl (C=O) groups excluding carboxylic acids is 1. The van der Waals surface area contributed by atoms with Crippen molar-refractivity contribution in [2.24, 2.45) is 5.73 Å². The van der Waals surface area contributed by atoms with Crippen LogP contribution in [-0.2, 0) is 4.79 Å². The van der Waals surface area contributed by atoms with Crippen molar-refractivity contribution in [3.05, 3.63) is 0 Å². The molecule has 92 valence electrons. The van der Waals surface area contributed by atoms with Gasteiger partial charge < -0.3 is 15.5 Å². The third-order valence-corrected chi connectivity index (χ3v) is 3.16. The lowest BCUT2D eigenvalue weighted by Crippen LogP contribution is -2.33. The Kier molecular flexibility index (Phi) is 5.69. The van der Waals surface area contributed by atoms with E-state index in [1.807, 2.05) is 7.05 Å². The van der Waals surface area contributed by atoms with Crippen LogP contribution in [0.3, 0.4) is 0 Å². The Balaban J connectivity index is 2.15. The largest absolute Gasteiger partial charge is 0.393 e. The van der Waals surface area contributed by atoms with Crippen molar-refractivity contribution in [1.82, 2.24) is 9.80 Å². The molecule has 0 radical (unpaired) electrons. The minimum absolute atomic E-state index is 0.183. The summed E-state index contributed by atoms with van der Waals surface area (Å²) in [5.41, 5.74) is 5.40. The van der Waals surface area contributed by atoms with Gasteiger partial charge in [0.05, 0.1) is 4.99 Å². The summed E-state index contributed by atoms with van der Waals surface area (Å²) < 4.78 is 0. The average molecular weight is 243 g/mol. The molecule has 16 heavy (non-hydrogen) atoms. The standard InChI is InChI=1S/C11H21N3OS/c1-13(8-4-10(12)16)11(15)5-9-14-6-2-3-7-14/h2-9H2,1H3,(H2,12,16). The van der Waals surface area contributed by atoms with Crippen LogP contribution in [-0.4, -0.2) is 53.9 Å². The summed E-state index contributed by atoms with van der Waals surface area (Å²) in [5, 5.41) is 0. The lowest BCUT2D eigenvalue weighted by molar-refractivity contribution is -0.130. The van der Waals surface area contributed by atoms with Gasteiger partial charge in [-0.2, -0.15) is 0 Å². The Hall–Kier alpha value is -0.680. The third-order valence-electron chi connectivity index (χ3n) is 2.96. The Morgan fingerprint density at radius 3 is 2.56 bits per heavy atom. The Morgan fingerprint density at radius 1 is 1.38 bits per heavy atom. The van der Waals surface area contributed by atoms with Crippen molar-refractivity contribution in [1.29, 1.82) is 0 Å². The zero-order valence-electron chi connectivity index (χ0n) is 9.95. The normalized spacial score (nSPS) is 16.3. The molecule has 1 saturated heterocycles. The second-order valence-corrected chi connectivity index (χ2v) is 4.85. The number of likely N-dealkylation sites (tertiary alicyclic amines) is 1. The molecule has 0 aliphatic carbocycles. The summed E-state index contributed by atoms with van der Waals surface area (Å²) in [6.07, 6.45) is 3.76. The van der Waals surface area contributed by atoms with Crippen LogP contribution in [0.2, 0.25) is 0 Å². The van der Waals surface area contributed by atoms with E-state index in [0.29, 0.717) is 24.4 Å². The van der Waals surface area contributed by atoms with Gasteiger partial charge in [-0.15, -0.1) is 0 Å².